The van der Waals surface area contributed by atoms with Crippen LogP contribution in [0.3, 0.4) is 0 Å². The molecule has 2 aromatic rings. The van der Waals surface area contributed by atoms with E-state index in [1.54, 1.807) is 22.5 Å². The van der Waals surface area contributed by atoms with Gasteiger partial charge in [-0.3, -0.25) is 0 Å². The molecule has 1 saturated heterocycles. The molecule has 0 saturated carbocycles. The number of aliphatic imine (C=N–C) groups is 1. The van der Waals surface area contributed by atoms with Crippen LogP contribution in [0.15, 0.2) is 45.3 Å². The lowest BCUT2D eigenvalue weighted by molar-refractivity contribution is 0.188. The van der Waals surface area contributed by atoms with Gasteiger partial charge in [0.25, 0.3) is 0 Å². The summed E-state index contributed by atoms with van der Waals surface area (Å²) >= 11 is 1.70. The van der Waals surface area contributed by atoms with Crippen LogP contribution in [0.25, 0.3) is 0 Å². The predicted octanol–water partition coefficient (Wildman–Crippen LogP) is 2.78. The third kappa shape index (κ3) is 7.06. The molecule has 0 unspecified atom stereocenters. The number of nitrogens with zero attached hydrogens (tertiary/aromatic N) is 2. The fraction of sp³-hybridized carbons (Fsp3) is 0.444. The highest BCUT2D eigenvalue weighted by atomic mass is 127. The molecule has 1 aliphatic rings. The summed E-state index contributed by atoms with van der Waals surface area (Å²) in [5.41, 5.74) is 5.35. The van der Waals surface area contributed by atoms with Crippen molar-refractivity contribution in [1.82, 2.24) is 15.5 Å². The Bertz CT molecular complexity index is 697. The van der Waals surface area contributed by atoms with Gasteiger partial charge in [-0.25, -0.2) is 9.79 Å². The Balaban J connectivity index is 0.00000261. The number of hydrogen-bond donors (Lipinski definition) is 3. The number of primary amides is 1. The number of carbonyl (C=O) groups excluding carboxylic acids is 1. The highest BCUT2D eigenvalue weighted by molar-refractivity contribution is 14.0. The van der Waals surface area contributed by atoms with Crippen LogP contribution >= 0.6 is 35.3 Å². The average Bonchev–Trinajstić information content (AvgIpc) is 3.34. The number of piperidine rings is 1. The molecule has 3 heterocycles. The van der Waals surface area contributed by atoms with Crippen LogP contribution < -0.4 is 16.4 Å². The lowest BCUT2D eigenvalue weighted by atomic mass is 10.1. The molecule has 0 spiro atoms. The highest BCUT2D eigenvalue weighted by Gasteiger charge is 2.21. The number of amides is 2. The van der Waals surface area contributed by atoms with Crippen LogP contribution in [0.4, 0.5) is 4.79 Å². The first-order chi connectivity index (χ1) is 12.7. The van der Waals surface area contributed by atoms with Gasteiger partial charge in [-0.05, 0) is 36.4 Å². The van der Waals surface area contributed by atoms with Gasteiger partial charge >= 0.3 is 6.03 Å². The molecule has 7 nitrogen and oxygen atoms in total. The second-order valence-electron chi connectivity index (χ2n) is 6.24. The van der Waals surface area contributed by atoms with Gasteiger partial charge < -0.3 is 25.7 Å². The van der Waals surface area contributed by atoms with E-state index in [0.717, 1.165) is 37.5 Å². The Morgan fingerprint density at radius 1 is 1.33 bits per heavy atom. The number of rotatable bonds is 6. The minimum Gasteiger partial charge on any atom is -0.469 e. The van der Waals surface area contributed by atoms with Gasteiger partial charge in [0, 0.05) is 37.0 Å². The SMILES string of the molecule is I.NC(=O)N1CCC(NC(=NCc2cccs2)NCCc2ccco2)CC1. The molecule has 0 radical (unpaired) electrons. The van der Waals surface area contributed by atoms with Crippen molar-refractivity contribution >= 4 is 47.3 Å². The van der Waals surface area contributed by atoms with Crippen LogP contribution in [0.1, 0.15) is 23.5 Å². The molecule has 0 aliphatic carbocycles. The summed E-state index contributed by atoms with van der Waals surface area (Å²) in [7, 11) is 0. The molecule has 3 rings (SSSR count). The third-order valence-electron chi connectivity index (χ3n) is 4.36. The first kappa shape index (κ1) is 21.5. The van der Waals surface area contributed by atoms with Crippen molar-refractivity contribution in [2.75, 3.05) is 19.6 Å². The molecule has 1 aliphatic heterocycles. The van der Waals surface area contributed by atoms with E-state index in [1.165, 1.54) is 4.88 Å². The highest BCUT2D eigenvalue weighted by Crippen LogP contribution is 2.11. The smallest absolute Gasteiger partial charge is 0.314 e. The summed E-state index contributed by atoms with van der Waals surface area (Å²) in [6.45, 7) is 2.74. The summed E-state index contributed by atoms with van der Waals surface area (Å²) in [6.07, 6.45) is 4.21. The standard InChI is InChI=1S/C18H25N5O2S.HI/c19-17(24)23-9-6-14(7-10-23)22-18(21-13-16-4-2-12-26-16)20-8-5-15-3-1-11-25-15;/h1-4,11-12,14H,5-10,13H2,(H2,19,24)(H2,20,21,22);1H. The van der Waals surface area contributed by atoms with Crippen LogP contribution in [0.5, 0.6) is 0 Å². The number of furan rings is 1. The number of likely N-dealkylation sites (tertiary alicyclic amines) is 1. The molecule has 9 heteroatoms. The van der Waals surface area contributed by atoms with E-state index in [-0.39, 0.29) is 36.0 Å². The van der Waals surface area contributed by atoms with Crippen molar-refractivity contribution in [1.29, 1.82) is 0 Å². The van der Waals surface area contributed by atoms with Crippen LogP contribution in [-0.4, -0.2) is 42.6 Å². The van der Waals surface area contributed by atoms with Gasteiger partial charge in [0.2, 0.25) is 0 Å². The van der Waals surface area contributed by atoms with E-state index in [2.05, 4.69) is 22.1 Å². The largest absolute Gasteiger partial charge is 0.469 e. The number of guanidine groups is 1. The molecule has 1 fully saturated rings. The summed E-state index contributed by atoms with van der Waals surface area (Å²) in [4.78, 5) is 18.9. The van der Waals surface area contributed by atoms with Crippen molar-refractivity contribution in [2.24, 2.45) is 10.7 Å². The van der Waals surface area contributed by atoms with Crippen LogP contribution in [0.2, 0.25) is 0 Å². The lowest BCUT2D eigenvalue weighted by Gasteiger charge is -2.32. The maximum absolute atomic E-state index is 11.3. The average molecular weight is 503 g/mol. The summed E-state index contributed by atoms with van der Waals surface area (Å²) < 4.78 is 5.37. The van der Waals surface area contributed by atoms with Crippen LogP contribution in [0, 0.1) is 0 Å². The Hall–Kier alpha value is -1.75. The topological polar surface area (TPSA) is 95.9 Å². The summed E-state index contributed by atoms with van der Waals surface area (Å²) in [5, 5.41) is 8.93. The number of halogens is 1. The van der Waals surface area contributed by atoms with E-state index in [9.17, 15) is 4.79 Å². The molecule has 2 aromatic heterocycles. The zero-order chi connectivity index (χ0) is 18.2. The van der Waals surface area contributed by atoms with Gasteiger partial charge in [-0.2, -0.15) is 0 Å². The molecule has 2 amide bonds. The molecule has 0 aromatic carbocycles. The van der Waals surface area contributed by atoms with Gasteiger partial charge in [-0.1, -0.05) is 6.07 Å². The minimum absolute atomic E-state index is 0. The van der Waals surface area contributed by atoms with Gasteiger partial charge in [-0.15, -0.1) is 35.3 Å². The maximum atomic E-state index is 11.3. The molecule has 4 N–H and O–H groups in total. The third-order valence-corrected chi connectivity index (χ3v) is 5.23. The number of hydrogen-bond acceptors (Lipinski definition) is 4. The quantitative estimate of drug-likeness (QED) is 0.321. The number of nitrogens with one attached hydrogen (secondary N) is 2. The Morgan fingerprint density at radius 2 is 2.15 bits per heavy atom. The molecule has 148 valence electrons. The van der Waals surface area contributed by atoms with E-state index >= 15 is 0 Å². The Kier molecular flexibility index (Phi) is 8.92. The van der Waals surface area contributed by atoms with Crippen molar-refractivity contribution in [3.8, 4) is 0 Å². The second-order valence-corrected chi connectivity index (χ2v) is 7.28. The number of carbonyl (C=O) groups is 1. The van der Waals surface area contributed by atoms with E-state index in [0.29, 0.717) is 19.6 Å². The lowest BCUT2D eigenvalue weighted by Crippen LogP contribution is -2.51. The van der Waals surface area contributed by atoms with E-state index in [4.69, 9.17) is 15.1 Å². The zero-order valence-corrected chi connectivity index (χ0v) is 18.2. The molecule has 0 atom stereocenters. The number of urea groups is 1. The van der Waals surface area contributed by atoms with Gasteiger partial charge in [0.15, 0.2) is 5.96 Å². The molecule has 27 heavy (non-hydrogen) atoms. The summed E-state index contributed by atoms with van der Waals surface area (Å²) in [6, 6.07) is 7.92. The molecular weight excluding hydrogens is 477 g/mol. The monoisotopic (exact) mass is 503 g/mol. The van der Waals surface area contributed by atoms with Crippen molar-refractivity contribution in [2.45, 2.75) is 31.8 Å². The first-order valence-electron chi connectivity index (χ1n) is 8.84. The van der Waals surface area contributed by atoms with Crippen LogP contribution in [-0.2, 0) is 13.0 Å². The normalized spacial score (nSPS) is 15.3. The fourth-order valence-electron chi connectivity index (χ4n) is 2.91. The fourth-order valence-corrected chi connectivity index (χ4v) is 3.54. The zero-order valence-electron chi connectivity index (χ0n) is 15.1. The van der Waals surface area contributed by atoms with Gasteiger partial charge in [0.05, 0.1) is 12.8 Å². The maximum Gasteiger partial charge on any atom is 0.314 e. The van der Waals surface area contributed by atoms with Crippen molar-refractivity contribution in [3.63, 3.8) is 0 Å². The Labute approximate surface area is 180 Å². The van der Waals surface area contributed by atoms with E-state index < -0.39 is 0 Å². The molecule has 0 bridgehead atoms. The van der Waals surface area contributed by atoms with Crippen molar-refractivity contribution < 1.29 is 9.21 Å². The number of thiophene rings is 1. The van der Waals surface area contributed by atoms with Gasteiger partial charge in [0.1, 0.15) is 5.76 Å². The Morgan fingerprint density at radius 3 is 2.78 bits per heavy atom. The summed E-state index contributed by atoms with van der Waals surface area (Å²) in [5.74, 6) is 1.74. The van der Waals surface area contributed by atoms with Crippen molar-refractivity contribution in [3.05, 3.63) is 46.5 Å². The first-order valence-corrected chi connectivity index (χ1v) is 9.72. The predicted molar refractivity (Wildman–Crippen MR) is 119 cm³/mol. The molecular formula is C18H26IN5O2S. The van der Waals surface area contributed by atoms with E-state index in [1.807, 2.05) is 18.2 Å². The second kappa shape index (κ2) is 11.2. The number of nitrogens with two attached hydrogens (primary N) is 1. The minimum atomic E-state index is -0.341.